The minimum Gasteiger partial charge on any atom is -0.481 e. The third kappa shape index (κ3) is 6.72. The molecule has 0 radical (unpaired) electrons. The predicted molar refractivity (Wildman–Crippen MR) is 67.7 cm³/mol. The topological polar surface area (TPSA) is 37.3 Å². The average molecular weight is 240 g/mol. The third-order valence-corrected chi connectivity index (χ3v) is 2.09. The fraction of sp³-hybridized carbons (Fsp3) is 0.500. The van der Waals surface area contributed by atoms with Gasteiger partial charge in [0.1, 0.15) is 5.82 Å². The van der Waals surface area contributed by atoms with E-state index in [1.807, 2.05) is 6.07 Å². The summed E-state index contributed by atoms with van der Waals surface area (Å²) in [6.07, 6.45) is 4.37. The summed E-state index contributed by atoms with van der Waals surface area (Å²) in [6, 6.07) is 5.36. The Morgan fingerprint density at radius 1 is 1.35 bits per heavy atom. The molecule has 2 rings (SSSR count). The standard InChI is InChI=1S/C9H9F.C3H8.C2H4O2/c10-9-6-2-4-7-3-1-5-8(7)9;1-3-2;1-2(3)4/h2,4,6H,1,3,5H2;3H2,1-2H3;1H3,(H,3,4). The van der Waals surface area contributed by atoms with Gasteiger partial charge in [-0.05, 0) is 36.5 Å². The van der Waals surface area contributed by atoms with E-state index in [4.69, 9.17) is 9.90 Å². The molecule has 0 amide bonds. The van der Waals surface area contributed by atoms with E-state index in [0.29, 0.717) is 0 Å². The van der Waals surface area contributed by atoms with Gasteiger partial charge in [0.15, 0.2) is 0 Å². The summed E-state index contributed by atoms with van der Waals surface area (Å²) in [4.78, 5) is 9.00. The lowest BCUT2D eigenvalue weighted by Crippen LogP contribution is -1.85. The van der Waals surface area contributed by atoms with Gasteiger partial charge in [-0.15, -0.1) is 0 Å². The van der Waals surface area contributed by atoms with E-state index in [2.05, 4.69) is 13.8 Å². The minimum atomic E-state index is -0.833. The monoisotopic (exact) mass is 240 g/mol. The van der Waals surface area contributed by atoms with Crippen LogP contribution in [0, 0.1) is 5.82 Å². The van der Waals surface area contributed by atoms with Crippen LogP contribution in [0.4, 0.5) is 4.39 Å². The maximum Gasteiger partial charge on any atom is 0.300 e. The number of aryl methyl sites for hydroxylation is 1. The van der Waals surface area contributed by atoms with Crippen molar-refractivity contribution in [2.24, 2.45) is 0 Å². The molecule has 0 saturated heterocycles. The van der Waals surface area contributed by atoms with Gasteiger partial charge in [0.05, 0.1) is 0 Å². The summed E-state index contributed by atoms with van der Waals surface area (Å²) in [5.41, 5.74) is 2.16. The number of fused-ring (bicyclic) bond motifs is 1. The summed E-state index contributed by atoms with van der Waals surface area (Å²) in [7, 11) is 0. The largest absolute Gasteiger partial charge is 0.481 e. The molecule has 0 aliphatic heterocycles. The Bertz CT molecular complexity index is 344. The fourth-order valence-electron chi connectivity index (χ4n) is 1.57. The molecule has 1 aromatic carbocycles. The maximum atomic E-state index is 12.9. The van der Waals surface area contributed by atoms with Crippen molar-refractivity contribution in [3.05, 3.63) is 35.1 Å². The number of hydrogen-bond acceptors (Lipinski definition) is 1. The van der Waals surface area contributed by atoms with Crippen molar-refractivity contribution in [1.29, 1.82) is 0 Å². The molecule has 0 bridgehead atoms. The third-order valence-electron chi connectivity index (χ3n) is 2.09. The Labute approximate surface area is 102 Å². The zero-order valence-electron chi connectivity index (χ0n) is 10.8. The minimum absolute atomic E-state index is 0.0185. The van der Waals surface area contributed by atoms with Crippen molar-refractivity contribution in [1.82, 2.24) is 0 Å². The molecule has 1 N–H and O–H groups in total. The van der Waals surface area contributed by atoms with E-state index < -0.39 is 5.97 Å². The SMILES string of the molecule is CC(=O)O.CCC.Fc1cccc2c1CCC2. The molecule has 1 aromatic rings. The number of halogens is 1. The quantitative estimate of drug-likeness (QED) is 0.748. The second-order valence-corrected chi connectivity index (χ2v) is 3.96. The Morgan fingerprint density at radius 2 is 1.88 bits per heavy atom. The van der Waals surface area contributed by atoms with Crippen LogP contribution in [-0.2, 0) is 17.6 Å². The van der Waals surface area contributed by atoms with E-state index >= 15 is 0 Å². The van der Waals surface area contributed by atoms with Crippen LogP contribution >= 0.6 is 0 Å². The van der Waals surface area contributed by atoms with Gasteiger partial charge in [0, 0.05) is 6.92 Å². The van der Waals surface area contributed by atoms with E-state index in [9.17, 15) is 4.39 Å². The van der Waals surface area contributed by atoms with E-state index in [1.54, 1.807) is 12.1 Å². The molecular formula is C14H21FO2. The first-order chi connectivity index (χ1) is 8.02. The number of hydrogen-bond donors (Lipinski definition) is 1. The molecule has 0 heterocycles. The Morgan fingerprint density at radius 3 is 2.35 bits per heavy atom. The molecule has 17 heavy (non-hydrogen) atoms. The first-order valence-corrected chi connectivity index (χ1v) is 5.98. The molecular weight excluding hydrogens is 219 g/mol. The van der Waals surface area contributed by atoms with E-state index in [0.717, 1.165) is 31.7 Å². The smallest absolute Gasteiger partial charge is 0.300 e. The summed E-state index contributed by atoms with van der Waals surface area (Å²) in [6.45, 7) is 5.33. The van der Waals surface area contributed by atoms with Gasteiger partial charge < -0.3 is 5.11 Å². The highest BCUT2D eigenvalue weighted by atomic mass is 19.1. The lowest BCUT2D eigenvalue weighted by atomic mass is 10.1. The Balaban J connectivity index is 0.000000311. The molecule has 0 fully saturated rings. The van der Waals surface area contributed by atoms with Crippen LogP contribution in [0.5, 0.6) is 0 Å². The zero-order valence-corrected chi connectivity index (χ0v) is 10.8. The summed E-state index contributed by atoms with van der Waals surface area (Å²) in [5, 5.41) is 7.42. The molecule has 0 unspecified atom stereocenters. The first kappa shape index (κ1) is 15.6. The number of carbonyl (C=O) groups is 1. The van der Waals surface area contributed by atoms with Crippen LogP contribution in [0.2, 0.25) is 0 Å². The average Bonchev–Trinajstić information content (AvgIpc) is 2.67. The highest BCUT2D eigenvalue weighted by Crippen LogP contribution is 2.23. The van der Waals surface area contributed by atoms with Crippen LogP contribution in [0.25, 0.3) is 0 Å². The van der Waals surface area contributed by atoms with Gasteiger partial charge in [-0.25, -0.2) is 4.39 Å². The molecule has 96 valence electrons. The van der Waals surface area contributed by atoms with Crippen molar-refractivity contribution in [2.75, 3.05) is 0 Å². The summed E-state index contributed by atoms with van der Waals surface area (Å²) >= 11 is 0. The van der Waals surface area contributed by atoms with Gasteiger partial charge >= 0.3 is 0 Å². The van der Waals surface area contributed by atoms with Crippen LogP contribution < -0.4 is 0 Å². The van der Waals surface area contributed by atoms with Crippen LogP contribution in [0.15, 0.2) is 18.2 Å². The predicted octanol–water partition coefficient (Wildman–Crippen LogP) is 3.82. The number of rotatable bonds is 0. The Kier molecular flexibility index (Phi) is 8.03. The lowest BCUT2D eigenvalue weighted by molar-refractivity contribution is -0.134. The van der Waals surface area contributed by atoms with Gasteiger partial charge in [-0.1, -0.05) is 32.4 Å². The summed E-state index contributed by atoms with van der Waals surface area (Å²) in [5.74, 6) is -0.852. The number of carboxylic acid groups (broad SMARTS) is 1. The number of benzene rings is 1. The molecule has 0 saturated carbocycles. The van der Waals surface area contributed by atoms with Crippen LogP contribution in [-0.4, -0.2) is 11.1 Å². The van der Waals surface area contributed by atoms with Crippen LogP contribution in [0.3, 0.4) is 0 Å². The van der Waals surface area contributed by atoms with Gasteiger partial charge in [-0.2, -0.15) is 0 Å². The molecule has 0 aromatic heterocycles. The van der Waals surface area contributed by atoms with Gasteiger partial charge in [0.25, 0.3) is 5.97 Å². The summed E-state index contributed by atoms with van der Waals surface area (Å²) < 4.78 is 12.9. The normalized spacial score (nSPS) is 11.5. The molecule has 0 spiro atoms. The fourth-order valence-corrected chi connectivity index (χ4v) is 1.57. The van der Waals surface area contributed by atoms with Gasteiger partial charge in [0.2, 0.25) is 0 Å². The van der Waals surface area contributed by atoms with Crippen molar-refractivity contribution >= 4 is 5.97 Å². The zero-order chi connectivity index (χ0) is 13.3. The maximum absolute atomic E-state index is 12.9. The molecule has 2 nitrogen and oxygen atoms in total. The van der Waals surface area contributed by atoms with Gasteiger partial charge in [-0.3, -0.25) is 4.79 Å². The second-order valence-electron chi connectivity index (χ2n) is 3.96. The van der Waals surface area contributed by atoms with Crippen molar-refractivity contribution in [3.63, 3.8) is 0 Å². The lowest BCUT2D eigenvalue weighted by Gasteiger charge is -1.97. The molecule has 1 aliphatic carbocycles. The molecule has 1 aliphatic rings. The van der Waals surface area contributed by atoms with E-state index in [-0.39, 0.29) is 5.82 Å². The highest BCUT2D eigenvalue weighted by molar-refractivity contribution is 5.62. The Hall–Kier alpha value is -1.38. The van der Waals surface area contributed by atoms with Crippen LogP contribution in [0.1, 0.15) is 44.7 Å². The molecule has 3 heteroatoms. The van der Waals surface area contributed by atoms with Crippen molar-refractivity contribution < 1.29 is 14.3 Å². The number of aliphatic carboxylic acids is 1. The van der Waals surface area contributed by atoms with E-state index in [1.165, 1.54) is 12.0 Å². The second kappa shape index (κ2) is 8.74. The van der Waals surface area contributed by atoms with Crippen molar-refractivity contribution in [3.8, 4) is 0 Å². The number of carboxylic acids is 1. The van der Waals surface area contributed by atoms with Crippen molar-refractivity contribution in [2.45, 2.75) is 46.5 Å². The molecule has 0 atom stereocenters. The highest BCUT2D eigenvalue weighted by Gasteiger charge is 2.13. The first-order valence-electron chi connectivity index (χ1n) is 5.98.